The lowest BCUT2D eigenvalue weighted by molar-refractivity contribution is 0.122. The number of morpholine rings is 1. The molecule has 140 valence electrons. The zero-order valence-electron chi connectivity index (χ0n) is 15.1. The summed E-state index contributed by atoms with van der Waals surface area (Å²) in [5.74, 6) is 0.435. The molecule has 0 radical (unpaired) electrons. The second-order valence-electron chi connectivity index (χ2n) is 6.11. The smallest absolute Gasteiger partial charge is 0.193 e. The van der Waals surface area contributed by atoms with E-state index in [4.69, 9.17) is 10.5 Å². The molecule has 3 rings (SSSR count). The van der Waals surface area contributed by atoms with Gasteiger partial charge in [-0.3, -0.25) is 0 Å². The maximum absolute atomic E-state index is 6.08. The van der Waals surface area contributed by atoms with Crippen LogP contribution in [0.2, 0.25) is 0 Å². The molecule has 0 aliphatic carbocycles. The van der Waals surface area contributed by atoms with E-state index < -0.39 is 0 Å². The standard InChI is InChI=1S/C20H26N4O.HI/c1-2-16-6-5-8-18(14-16)23-20(21)22-15-17-7-3-4-9-19(17)24-10-12-25-13-11-24;/h3-9,14H,2,10-13,15H2,1H3,(H3,21,22,23);1H. The minimum absolute atomic E-state index is 0. The number of nitrogens with zero attached hydrogens (tertiary/aromatic N) is 2. The number of rotatable bonds is 5. The third-order valence-corrected chi connectivity index (χ3v) is 4.37. The molecule has 2 aromatic rings. The molecule has 0 amide bonds. The van der Waals surface area contributed by atoms with Gasteiger partial charge in [0, 0.05) is 24.5 Å². The number of aliphatic imine (C=N–C) groups is 1. The Hall–Kier alpha value is -1.80. The highest BCUT2D eigenvalue weighted by molar-refractivity contribution is 14.0. The van der Waals surface area contributed by atoms with E-state index in [0.29, 0.717) is 12.5 Å². The first-order valence-corrected chi connectivity index (χ1v) is 8.82. The van der Waals surface area contributed by atoms with Gasteiger partial charge in [-0.15, -0.1) is 24.0 Å². The lowest BCUT2D eigenvalue weighted by Crippen LogP contribution is -2.36. The zero-order chi connectivity index (χ0) is 17.5. The monoisotopic (exact) mass is 466 g/mol. The Morgan fingerprint density at radius 2 is 1.92 bits per heavy atom. The lowest BCUT2D eigenvalue weighted by Gasteiger charge is -2.30. The highest BCUT2D eigenvalue weighted by Gasteiger charge is 2.14. The number of ether oxygens (including phenoxy) is 1. The number of guanidine groups is 1. The van der Waals surface area contributed by atoms with Crippen LogP contribution in [0, 0.1) is 0 Å². The number of anilines is 2. The third kappa shape index (κ3) is 5.60. The van der Waals surface area contributed by atoms with Crippen LogP contribution in [0.15, 0.2) is 53.5 Å². The van der Waals surface area contributed by atoms with Crippen LogP contribution in [0.5, 0.6) is 0 Å². The van der Waals surface area contributed by atoms with Crippen LogP contribution in [0.1, 0.15) is 18.1 Å². The second-order valence-corrected chi connectivity index (χ2v) is 6.11. The van der Waals surface area contributed by atoms with E-state index in [1.807, 2.05) is 18.2 Å². The van der Waals surface area contributed by atoms with E-state index >= 15 is 0 Å². The summed E-state index contributed by atoms with van der Waals surface area (Å²) in [7, 11) is 0. The van der Waals surface area contributed by atoms with E-state index in [0.717, 1.165) is 38.4 Å². The number of nitrogens with one attached hydrogen (secondary N) is 1. The summed E-state index contributed by atoms with van der Waals surface area (Å²) >= 11 is 0. The fraction of sp³-hybridized carbons (Fsp3) is 0.350. The molecular weight excluding hydrogens is 439 g/mol. The molecule has 2 aromatic carbocycles. The topological polar surface area (TPSA) is 62.9 Å². The minimum Gasteiger partial charge on any atom is -0.378 e. The molecular formula is C20H27IN4O. The number of aryl methyl sites for hydroxylation is 1. The van der Waals surface area contributed by atoms with E-state index in [9.17, 15) is 0 Å². The van der Waals surface area contributed by atoms with Crippen molar-refractivity contribution in [3.05, 3.63) is 59.7 Å². The Morgan fingerprint density at radius 3 is 2.69 bits per heavy atom. The number of para-hydroxylation sites is 1. The average Bonchev–Trinajstić information content (AvgIpc) is 2.67. The van der Waals surface area contributed by atoms with Crippen LogP contribution in [0.3, 0.4) is 0 Å². The van der Waals surface area contributed by atoms with Gasteiger partial charge in [0.1, 0.15) is 0 Å². The molecule has 1 saturated heterocycles. The molecule has 26 heavy (non-hydrogen) atoms. The van der Waals surface area contributed by atoms with Crippen molar-refractivity contribution < 1.29 is 4.74 Å². The quantitative estimate of drug-likeness (QED) is 0.402. The maximum Gasteiger partial charge on any atom is 0.193 e. The molecule has 0 spiro atoms. The maximum atomic E-state index is 6.08. The van der Waals surface area contributed by atoms with Gasteiger partial charge < -0.3 is 20.7 Å². The van der Waals surface area contributed by atoms with Crippen molar-refractivity contribution >= 4 is 41.3 Å². The number of hydrogen-bond acceptors (Lipinski definition) is 3. The predicted octanol–water partition coefficient (Wildman–Crippen LogP) is 3.63. The first kappa shape index (κ1) is 20.5. The van der Waals surface area contributed by atoms with Crippen LogP contribution in [0.25, 0.3) is 0 Å². The van der Waals surface area contributed by atoms with Gasteiger partial charge in [-0.25, -0.2) is 4.99 Å². The van der Waals surface area contributed by atoms with Crippen molar-refractivity contribution in [1.29, 1.82) is 0 Å². The van der Waals surface area contributed by atoms with Crippen molar-refractivity contribution in [1.82, 2.24) is 0 Å². The number of nitrogens with two attached hydrogens (primary N) is 1. The molecule has 0 aromatic heterocycles. The molecule has 1 fully saturated rings. The molecule has 1 aliphatic rings. The molecule has 1 aliphatic heterocycles. The van der Waals surface area contributed by atoms with E-state index in [-0.39, 0.29) is 24.0 Å². The first-order valence-electron chi connectivity index (χ1n) is 8.82. The summed E-state index contributed by atoms with van der Waals surface area (Å²) in [4.78, 5) is 6.88. The minimum atomic E-state index is 0. The molecule has 6 heteroatoms. The summed E-state index contributed by atoms with van der Waals surface area (Å²) in [5.41, 5.74) is 10.7. The normalized spacial score (nSPS) is 14.7. The molecule has 5 nitrogen and oxygen atoms in total. The van der Waals surface area contributed by atoms with Gasteiger partial charge in [-0.2, -0.15) is 0 Å². The Labute approximate surface area is 172 Å². The number of benzene rings is 2. The zero-order valence-corrected chi connectivity index (χ0v) is 17.5. The van der Waals surface area contributed by atoms with Crippen molar-refractivity contribution in [3.63, 3.8) is 0 Å². The number of halogens is 1. The molecule has 3 N–H and O–H groups in total. The predicted molar refractivity (Wildman–Crippen MR) is 120 cm³/mol. The lowest BCUT2D eigenvalue weighted by atomic mass is 10.1. The summed E-state index contributed by atoms with van der Waals surface area (Å²) in [6, 6.07) is 16.6. The van der Waals surface area contributed by atoms with Gasteiger partial charge in [0.2, 0.25) is 0 Å². The van der Waals surface area contributed by atoms with Gasteiger partial charge >= 0.3 is 0 Å². The van der Waals surface area contributed by atoms with Crippen LogP contribution in [-0.2, 0) is 17.7 Å². The van der Waals surface area contributed by atoms with Crippen LogP contribution in [0.4, 0.5) is 11.4 Å². The Morgan fingerprint density at radius 1 is 1.15 bits per heavy atom. The first-order chi connectivity index (χ1) is 12.3. The van der Waals surface area contributed by atoms with Crippen molar-refractivity contribution in [2.24, 2.45) is 10.7 Å². The fourth-order valence-electron chi connectivity index (χ4n) is 2.98. The third-order valence-electron chi connectivity index (χ3n) is 4.37. The van der Waals surface area contributed by atoms with Crippen molar-refractivity contribution in [2.75, 3.05) is 36.5 Å². The summed E-state index contributed by atoms with van der Waals surface area (Å²) in [5, 5.41) is 3.18. The highest BCUT2D eigenvalue weighted by atomic mass is 127. The summed E-state index contributed by atoms with van der Waals surface area (Å²) < 4.78 is 5.45. The van der Waals surface area contributed by atoms with Gasteiger partial charge in [-0.1, -0.05) is 37.3 Å². The Bertz CT molecular complexity index is 729. The fourth-order valence-corrected chi connectivity index (χ4v) is 2.98. The van der Waals surface area contributed by atoms with E-state index in [1.165, 1.54) is 16.8 Å². The Balaban J connectivity index is 0.00000243. The average molecular weight is 466 g/mol. The number of hydrogen-bond donors (Lipinski definition) is 2. The van der Waals surface area contributed by atoms with E-state index in [2.05, 4.69) is 52.5 Å². The van der Waals surface area contributed by atoms with E-state index in [1.54, 1.807) is 0 Å². The summed E-state index contributed by atoms with van der Waals surface area (Å²) in [6.07, 6.45) is 0.999. The summed E-state index contributed by atoms with van der Waals surface area (Å²) in [6.45, 7) is 6.07. The van der Waals surface area contributed by atoms with Gasteiger partial charge in [0.25, 0.3) is 0 Å². The van der Waals surface area contributed by atoms with Crippen LogP contribution < -0.4 is 16.0 Å². The molecule has 0 atom stereocenters. The molecule has 0 saturated carbocycles. The van der Waals surface area contributed by atoms with Gasteiger partial charge in [0.15, 0.2) is 5.96 Å². The second kappa shape index (κ2) is 10.4. The molecule has 0 unspecified atom stereocenters. The molecule has 0 bridgehead atoms. The van der Waals surface area contributed by atoms with Crippen LogP contribution >= 0.6 is 24.0 Å². The largest absolute Gasteiger partial charge is 0.378 e. The SMILES string of the molecule is CCc1cccc(NC(N)=NCc2ccccc2N2CCOCC2)c1.I. The Kier molecular flexibility index (Phi) is 8.18. The van der Waals surface area contributed by atoms with Crippen molar-refractivity contribution in [2.45, 2.75) is 19.9 Å². The molecule has 1 heterocycles. The van der Waals surface area contributed by atoms with Gasteiger partial charge in [-0.05, 0) is 35.7 Å². The van der Waals surface area contributed by atoms with Crippen LogP contribution in [-0.4, -0.2) is 32.3 Å². The van der Waals surface area contributed by atoms with Crippen molar-refractivity contribution in [3.8, 4) is 0 Å². The van der Waals surface area contributed by atoms with Gasteiger partial charge in [0.05, 0.1) is 19.8 Å². The highest BCUT2D eigenvalue weighted by Crippen LogP contribution is 2.22.